The Labute approximate surface area is 121 Å². The molecule has 110 valence electrons. The Morgan fingerprint density at radius 3 is 2.62 bits per heavy atom. The number of hydrogen-bond acceptors (Lipinski definition) is 7. The van der Waals surface area contributed by atoms with Crippen molar-refractivity contribution in [2.75, 3.05) is 5.43 Å². The van der Waals surface area contributed by atoms with Crippen LogP contribution in [0.25, 0.3) is 0 Å². The van der Waals surface area contributed by atoms with E-state index in [2.05, 4.69) is 22.3 Å². The average molecular weight is 289 g/mol. The monoisotopic (exact) mass is 289 g/mol. The Hall–Kier alpha value is -2.74. The lowest BCUT2D eigenvalue weighted by Gasteiger charge is -2.07. The van der Waals surface area contributed by atoms with E-state index in [0.29, 0.717) is 5.75 Å². The summed E-state index contributed by atoms with van der Waals surface area (Å²) >= 11 is 0. The number of aryl methyl sites for hydroxylation is 1. The number of ether oxygens (including phenoxy) is 1. The van der Waals surface area contributed by atoms with Crippen molar-refractivity contribution in [2.24, 2.45) is 5.84 Å². The third-order valence-electron chi connectivity index (χ3n) is 2.78. The topological polar surface area (TPSA) is 116 Å². The summed E-state index contributed by atoms with van der Waals surface area (Å²) in [5.41, 5.74) is 2.92. The van der Waals surface area contributed by atoms with Gasteiger partial charge in [-0.05, 0) is 24.1 Å². The van der Waals surface area contributed by atoms with Gasteiger partial charge in [-0.25, -0.2) is 10.8 Å². The van der Waals surface area contributed by atoms with Gasteiger partial charge in [-0.3, -0.25) is 10.1 Å². The maximum Gasteiger partial charge on any atom is 0.374 e. The molecule has 2 aromatic rings. The van der Waals surface area contributed by atoms with Crippen LogP contribution >= 0.6 is 0 Å². The fourth-order valence-corrected chi connectivity index (χ4v) is 1.83. The lowest BCUT2D eigenvalue weighted by Crippen LogP contribution is -2.12. The molecule has 0 aliphatic heterocycles. The standard InChI is InChI=1S/C13H15N5O3/c1-2-3-9-4-6-10(7-5-9)21-13-11(18(19)20)12(17-14)15-8-16-13/h4-8H,2-3,14H2,1H3,(H,15,16,17). The molecule has 0 unspecified atom stereocenters. The van der Waals surface area contributed by atoms with Gasteiger partial charge in [-0.15, -0.1) is 0 Å². The summed E-state index contributed by atoms with van der Waals surface area (Å²) in [6.07, 6.45) is 3.15. The predicted octanol–water partition coefficient (Wildman–Crippen LogP) is 2.42. The Morgan fingerprint density at radius 1 is 1.33 bits per heavy atom. The molecule has 3 N–H and O–H groups in total. The van der Waals surface area contributed by atoms with Crippen molar-refractivity contribution in [3.05, 3.63) is 46.3 Å². The summed E-state index contributed by atoms with van der Waals surface area (Å²) in [6.45, 7) is 2.09. The average Bonchev–Trinajstić information content (AvgIpc) is 2.49. The number of aromatic nitrogens is 2. The van der Waals surface area contributed by atoms with Crippen LogP contribution in [-0.4, -0.2) is 14.9 Å². The van der Waals surface area contributed by atoms with Gasteiger partial charge in [0.15, 0.2) is 0 Å². The van der Waals surface area contributed by atoms with Gasteiger partial charge in [0.2, 0.25) is 5.82 Å². The highest BCUT2D eigenvalue weighted by Gasteiger charge is 2.24. The van der Waals surface area contributed by atoms with E-state index in [4.69, 9.17) is 10.6 Å². The lowest BCUT2D eigenvalue weighted by molar-refractivity contribution is -0.385. The summed E-state index contributed by atoms with van der Waals surface area (Å²) in [5.74, 6) is 5.40. The third kappa shape index (κ3) is 3.42. The molecule has 0 radical (unpaired) electrons. The highest BCUT2D eigenvalue weighted by molar-refractivity contribution is 5.61. The second kappa shape index (κ2) is 6.62. The Kier molecular flexibility index (Phi) is 4.62. The minimum absolute atomic E-state index is 0.104. The van der Waals surface area contributed by atoms with E-state index in [1.54, 1.807) is 12.1 Å². The number of nitrogen functional groups attached to an aromatic ring is 1. The van der Waals surface area contributed by atoms with Crippen LogP contribution in [-0.2, 0) is 6.42 Å². The quantitative estimate of drug-likeness (QED) is 0.476. The van der Waals surface area contributed by atoms with E-state index >= 15 is 0 Å². The first-order valence-electron chi connectivity index (χ1n) is 6.38. The minimum Gasteiger partial charge on any atom is -0.434 e. The molecule has 0 aliphatic carbocycles. The number of nitrogens with zero attached hydrogens (tertiary/aromatic N) is 3. The van der Waals surface area contributed by atoms with Crippen molar-refractivity contribution in [3.8, 4) is 11.6 Å². The number of benzene rings is 1. The Balaban J connectivity index is 2.28. The van der Waals surface area contributed by atoms with Gasteiger partial charge in [-0.1, -0.05) is 25.5 Å². The number of hydrazine groups is 1. The van der Waals surface area contributed by atoms with Crippen molar-refractivity contribution in [2.45, 2.75) is 19.8 Å². The second-order valence-corrected chi connectivity index (χ2v) is 4.27. The van der Waals surface area contributed by atoms with Gasteiger partial charge in [0.1, 0.15) is 12.1 Å². The molecule has 0 saturated heterocycles. The summed E-state index contributed by atoms with van der Waals surface area (Å²) in [4.78, 5) is 17.9. The zero-order valence-corrected chi connectivity index (χ0v) is 11.4. The van der Waals surface area contributed by atoms with Gasteiger partial charge < -0.3 is 10.2 Å². The van der Waals surface area contributed by atoms with Crippen LogP contribution in [0.4, 0.5) is 11.5 Å². The number of hydrogen-bond donors (Lipinski definition) is 2. The highest BCUT2D eigenvalue weighted by Crippen LogP contribution is 2.33. The summed E-state index contributed by atoms with van der Waals surface area (Å²) < 4.78 is 5.46. The largest absolute Gasteiger partial charge is 0.434 e. The predicted molar refractivity (Wildman–Crippen MR) is 77.0 cm³/mol. The molecule has 0 saturated carbocycles. The maximum absolute atomic E-state index is 11.1. The summed E-state index contributed by atoms with van der Waals surface area (Å²) in [6, 6.07) is 7.31. The lowest BCUT2D eigenvalue weighted by atomic mass is 10.1. The van der Waals surface area contributed by atoms with E-state index < -0.39 is 10.6 Å². The Morgan fingerprint density at radius 2 is 2.05 bits per heavy atom. The van der Waals surface area contributed by atoms with Crippen LogP contribution in [0.3, 0.4) is 0 Å². The first-order valence-corrected chi connectivity index (χ1v) is 6.38. The highest BCUT2D eigenvalue weighted by atomic mass is 16.6. The van der Waals surface area contributed by atoms with E-state index in [9.17, 15) is 10.1 Å². The van der Waals surface area contributed by atoms with E-state index in [1.165, 1.54) is 5.56 Å². The van der Waals surface area contributed by atoms with Gasteiger partial charge in [0, 0.05) is 0 Å². The van der Waals surface area contributed by atoms with Gasteiger partial charge >= 0.3 is 11.6 Å². The van der Waals surface area contributed by atoms with E-state index in [0.717, 1.165) is 19.2 Å². The number of nitrogens with two attached hydrogens (primary N) is 1. The SMILES string of the molecule is CCCc1ccc(Oc2ncnc(NN)c2[N+](=O)[O-])cc1. The van der Waals surface area contributed by atoms with Crippen molar-refractivity contribution in [3.63, 3.8) is 0 Å². The number of nitrogens with one attached hydrogen (secondary N) is 1. The van der Waals surface area contributed by atoms with Crippen LogP contribution in [0.5, 0.6) is 11.6 Å². The zero-order chi connectivity index (χ0) is 15.2. The first-order chi connectivity index (χ1) is 10.2. The number of rotatable bonds is 6. The van der Waals surface area contributed by atoms with Crippen molar-refractivity contribution in [1.29, 1.82) is 0 Å². The normalized spacial score (nSPS) is 10.2. The van der Waals surface area contributed by atoms with Crippen molar-refractivity contribution < 1.29 is 9.66 Å². The number of anilines is 1. The van der Waals surface area contributed by atoms with Crippen molar-refractivity contribution >= 4 is 11.5 Å². The first kappa shape index (κ1) is 14.7. The molecule has 1 heterocycles. The molecule has 0 aliphatic rings. The molecule has 1 aromatic heterocycles. The molecule has 8 nitrogen and oxygen atoms in total. The van der Waals surface area contributed by atoms with Gasteiger partial charge in [-0.2, -0.15) is 4.98 Å². The van der Waals surface area contributed by atoms with E-state index in [1.807, 2.05) is 12.1 Å². The number of nitro groups is 1. The molecule has 2 rings (SSSR count). The summed E-state index contributed by atoms with van der Waals surface area (Å²) in [5, 5.41) is 11.1. The van der Waals surface area contributed by atoms with Crippen LogP contribution in [0.1, 0.15) is 18.9 Å². The minimum atomic E-state index is -0.643. The zero-order valence-electron chi connectivity index (χ0n) is 11.4. The molecule has 8 heteroatoms. The fraction of sp³-hybridized carbons (Fsp3) is 0.231. The van der Waals surface area contributed by atoms with Gasteiger partial charge in [0.05, 0.1) is 4.92 Å². The molecule has 0 atom stereocenters. The molecule has 0 bridgehead atoms. The molecular weight excluding hydrogens is 274 g/mol. The van der Waals surface area contributed by atoms with Gasteiger partial charge in [0.25, 0.3) is 0 Å². The van der Waals surface area contributed by atoms with Crippen LogP contribution in [0.15, 0.2) is 30.6 Å². The van der Waals surface area contributed by atoms with E-state index in [-0.39, 0.29) is 11.7 Å². The molecule has 0 spiro atoms. The van der Waals surface area contributed by atoms with Crippen LogP contribution in [0.2, 0.25) is 0 Å². The molecule has 0 fully saturated rings. The molecule has 0 amide bonds. The smallest absolute Gasteiger partial charge is 0.374 e. The Bertz CT molecular complexity index is 630. The van der Waals surface area contributed by atoms with Crippen LogP contribution < -0.4 is 16.0 Å². The fourth-order valence-electron chi connectivity index (χ4n) is 1.83. The maximum atomic E-state index is 11.1. The second-order valence-electron chi connectivity index (χ2n) is 4.27. The summed E-state index contributed by atoms with van der Waals surface area (Å²) in [7, 11) is 0. The van der Waals surface area contributed by atoms with Crippen LogP contribution in [0, 0.1) is 10.1 Å². The van der Waals surface area contributed by atoms with Crippen molar-refractivity contribution in [1.82, 2.24) is 9.97 Å². The molecule has 21 heavy (non-hydrogen) atoms. The molecular formula is C13H15N5O3. The third-order valence-corrected chi connectivity index (χ3v) is 2.78. The molecule has 1 aromatic carbocycles.